The van der Waals surface area contributed by atoms with Crippen molar-refractivity contribution in [3.05, 3.63) is 28.3 Å². The first-order chi connectivity index (χ1) is 9.57. The van der Waals surface area contributed by atoms with Crippen LogP contribution in [-0.4, -0.2) is 22.7 Å². The van der Waals surface area contributed by atoms with E-state index in [0.29, 0.717) is 21.8 Å². The first kappa shape index (κ1) is 15.8. The van der Waals surface area contributed by atoms with Gasteiger partial charge in [0.05, 0.1) is 27.6 Å². The summed E-state index contributed by atoms with van der Waals surface area (Å²) in [6.45, 7) is 8.76. The number of nitrogens with zero attached hydrogens (tertiary/aromatic N) is 2. The van der Waals surface area contributed by atoms with E-state index in [-0.39, 0.29) is 11.9 Å². The molecule has 0 spiro atoms. The molecule has 1 aromatic rings. The van der Waals surface area contributed by atoms with E-state index in [1.54, 1.807) is 44.7 Å². The standard InChI is InChI=1S/C16H19ClN2O2/c1-9-12(7-6-11(8-18)13(9)17)19-10(2)16(5,21)15(3,4)14(19)20/h6-7,10,21H,1-5H3/t10-,16+/m0/s1. The summed E-state index contributed by atoms with van der Waals surface area (Å²) in [7, 11) is 0. The highest BCUT2D eigenvalue weighted by Crippen LogP contribution is 2.47. The van der Waals surface area contributed by atoms with E-state index < -0.39 is 11.0 Å². The number of carbonyl (C=O) groups excluding carboxylic acids is 1. The maximum atomic E-state index is 12.7. The summed E-state index contributed by atoms with van der Waals surface area (Å²) in [6, 6.07) is 4.95. The van der Waals surface area contributed by atoms with E-state index >= 15 is 0 Å². The zero-order chi connectivity index (χ0) is 16.2. The molecule has 1 saturated heterocycles. The largest absolute Gasteiger partial charge is 0.387 e. The van der Waals surface area contributed by atoms with E-state index in [0.717, 1.165) is 0 Å². The van der Waals surface area contributed by atoms with Gasteiger partial charge in [0.15, 0.2) is 0 Å². The summed E-state index contributed by atoms with van der Waals surface area (Å²) >= 11 is 6.19. The molecule has 0 saturated carbocycles. The zero-order valence-electron chi connectivity index (χ0n) is 12.9. The molecule has 1 amide bonds. The predicted octanol–water partition coefficient (Wildman–Crippen LogP) is 3.03. The molecule has 0 bridgehead atoms. The Hall–Kier alpha value is -1.57. The monoisotopic (exact) mass is 306 g/mol. The van der Waals surface area contributed by atoms with Crippen LogP contribution in [0, 0.1) is 23.7 Å². The van der Waals surface area contributed by atoms with Gasteiger partial charge in [0.2, 0.25) is 5.91 Å². The van der Waals surface area contributed by atoms with Crippen molar-refractivity contribution in [1.82, 2.24) is 0 Å². The number of aliphatic hydroxyl groups is 1. The summed E-state index contributed by atoms with van der Waals surface area (Å²) < 4.78 is 0. The maximum Gasteiger partial charge on any atom is 0.235 e. The molecule has 1 aliphatic rings. The minimum atomic E-state index is -1.16. The van der Waals surface area contributed by atoms with E-state index in [2.05, 4.69) is 0 Å². The van der Waals surface area contributed by atoms with E-state index in [4.69, 9.17) is 16.9 Å². The Morgan fingerprint density at radius 3 is 2.38 bits per heavy atom. The molecule has 1 aromatic carbocycles. The molecule has 112 valence electrons. The lowest BCUT2D eigenvalue weighted by Gasteiger charge is -2.33. The molecule has 21 heavy (non-hydrogen) atoms. The highest BCUT2D eigenvalue weighted by Gasteiger charge is 2.59. The molecule has 1 fully saturated rings. The van der Waals surface area contributed by atoms with Gasteiger partial charge < -0.3 is 10.0 Å². The molecular weight excluding hydrogens is 288 g/mol. The Morgan fingerprint density at radius 1 is 1.38 bits per heavy atom. The van der Waals surface area contributed by atoms with Gasteiger partial charge in [-0.3, -0.25) is 4.79 Å². The summed E-state index contributed by atoms with van der Waals surface area (Å²) in [5, 5.41) is 20.1. The van der Waals surface area contributed by atoms with Gasteiger partial charge in [-0.25, -0.2) is 0 Å². The summed E-state index contributed by atoms with van der Waals surface area (Å²) in [6.07, 6.45) is 0. The summed E-state index contributed by atoms with van der Waals surface area (Å²) in [4.78, 5) is 14.3. The van der Waals surface area contributed by atoms with Crippen molar-refractivity contribution >= 4 is 23.2 Å². The molecule has 2 atom stereocenters. The van der Waals surface area contributed by atoms with Crippen LogP contribution in [0.2, 0.25) is 5.02 Å². The van der Waals surface area contributed by atoms with Gasteiger partial charge in [-0.1, -0.05) is 11.6 Å². The number of amides is 1. The Labute approximate surface area is 129 Å². The lowest BCUT2D eigenvalue weighted by molar-refractivity contribution is -0.131. The Balaban J connectivity index is 2.62. The van der Waals surface area contributed by atoms with Crippen LogP contribution in [0.25, 0.3) is 0 Å². The van der Waals surface area contributed by atoms with Crippen LogP contribution in [-0.2, 0) is 4.79 Å². The van der Waals surface area contributed by atoms with Gasteiger partial charge in [0.1, 0.15) is 6.07 Å². The van der Waals surface area contributed by atoms with Crippen LogP contribution < -0.4 is 4.90 Å². The third kappa shape index (κ3) is 1.96. The van der Waals surface area contributed by atoms with Crippen LogP contribution in [0.1, 0.15) is 38.8 Å². The van der Waals surface area contributed by atoms with Crippen LogP contribution in [0.4, 0.5) is 5.69 Å². The molecule has 0 aromatic heterocycles. The number of rotatable bonds is 1. The normalized spacial score (nSPS) is 27.8. The van der Waals surface area contributed by atoms with Crippen LogP contribution in [0.15, 0.2) is 12.1 Å². The van der Waals surface area contributed by atoms with Gasteiger partial charge in [-0.05, 0) is 52.3 Å². The van der Waals surface area contributed by atoms with E-state index in [1.165, 1.54) is 0 Å². The fourth-order valence-electron chi connectivity index (χ4n) is 2.81. The number of hydrogen-bond donors (Lipinski definition) is 1. The van der Waals surface area contributed by atoms with Crippen LogP contribution in [0.5, 0.6) is 0 Å². The Kier molecular flexibility index (Phi) is 3.56. The van der Waals surface area contributed by atoms with Crippen molar-refractivity contribution in [3.63, 3.8) is 0 Å². The molecular formula is C16H19ClN2O2. The Bertz CT molecular complexity index is 659. The fraction of sp³-hybridized carbons (Fsp3) is 0.500. The molecule has 0 unspecified atom stereocenters. The predicted molar refractivity (Wildman–Crippen MR) is 82.3 cm³/mol. The first-order valence-corrected chi connectivity index (χ1v) is 7.20. The van der Waals surface area contributed by atoms with Gasteiger partial charge in [0.25, 0.3) is 0 Å². The molecule has 4 nitrogen and oxygen atoms in total. The van der Waals surface area contributed by atoms with Gasteiger partial charge in [-0.15, -0.1) is 0 Å². The third-order valence-corrected chi connectivity index (χ3v) is 5.44. The van der Waals surface area contributed by atoms with Gasteiger partial charge >= 0.3 is 0 Å². The number of benzene rings is 1. The average molecular weight is 307 g/mol. The number of nitriles is 1. The number of hydrogen-bond acceptors (Lipinski definition) is 3. The van der Waals surface area contributed by atoms with E-state index in [1.807, 2.05) is 13.0 Å². The lowest BCUT2D eigenvalue weighted by atomic mass is 9.76. The highest BCUT2D eigenvalue weighted by atomic mass is 35.5. The van der Waals surface area contributed by atoms with Crippen molar-refractivity contribution in [3.8, 4) is 6.07 Å². The maximum absolute atomic E-state index is 12.7. The van der Waals surface area contributed by atoms with Crippen molar-refractivity contribution < 1.29 is 9.90 Å². The minimum absolute atomic E-state index is 0.149. The van der Waals surface area contributed by atoms with Gasteiger partial charge in [-0.2, -0.15) is 5.26 Å². The lowest BCUT2D eigenvalue weighted by Crippen LogP contribution is -2.46. The summed E-state index contributed by atoms with van der Waals surface area (Å²) in [5.41, 5.74) is -0.356. The first-order valence-electron chi connectivity index (χ1n) is 6.82. The quantitative estimate of drug-likeness (QED) is 0.867. The van der Waals surface area contributed by atoms with Crippen molar-refractivity contribution in [1.29, 1.82) is 5.26 Å². The minimum Gasteiger partial charge on any atom is -0.387 e. The van der Waals surface area contributed by atoms with Crippen molar-refractivity contribution in [2.75, 3.05) is 4.90 Å². The molecule has 1 aliphatic heterocycles. The molecule has 0 aliphatic carbocycles. The highest BCUT2D eigenvalue weighted by molar-refractivity contribution is 6.33. The number of halogens is 1. The molecule has 1 heterocycles. The number of anilines is 1. The fourth-order valence-corrected chi connectivity index (χ4v) is 3.01. The second-order valence-corrected chi connectivity index (χ2v) is 6.68. The van der Waals surface area contributed by atoms with Crippen molar-refractivity contribution in [2.45, 2.75) is 46.3 Å². The molecule has 0 radical (unpaired) electrons. The smallest absolute Gasteiger partial charge is 0.235 e. The van der Waals surface area contributed by atoms with Crippen molar-refractivity contribution in [2.24, 2.45) is 5.41 Å². The van der Waals surface area contributed by atoms with Crippen LogP contribution >= 0.6 is 11.6 Å². The van der Waals surface area contributed by atoms with Crippen LogP contribution in [0.3, 0.4) is 0 Å². The molecule has 1 N–H and O–H groups in total. The SMILES string of the molecule is Cc1c(N2C(=O)C(C)(C)[C@](C)(O)[C@@H]2C)ccc(C#N)c1Cl. The third-order valence-electron chi connectivity index (χ3n) is 4.96. The topological polar surface area (TPSA) is 64.3 Å². The number of carbonyl (C=O) groups is 1. The average Bonchev–Trinajstić information content (AvgIpc) is 2.53. The molecule has 5 heteroatoms. The van der Waals surface area contributed by atoms with E-state index in [9.17, 15) is 9.90 Å². The Morgan fingerprint density at radius 2 is 1.95 bits per heavy atom. The second kappa shape index (κ2) is 4.72. The molecule has 2 rings (SSSR count). The van der Waals surface area contributed by atoms with Gasteiger partial charge in [0, 0.05) is 5.69 Å². The second-order valence-electron chi connectivity index (χ2n) is 6.31. The summed E-state index contributed by atoms with van der Waals surface area (Å²) in [5.74, 6) is -0.149. The zero-order valence-corrected chi connectivity index (χ0v) is 13.6.